The number of imide groups is 1. The molecule has 2 aromatic carbocycles. The van der Waals surface area contributed by atoms with Gasteiger partial charge in [-0.25, -0.2) is 0 Å². The fourth-order valence-electron chi connectivity index (χ4n) is 6.96. The molecule has 182 valence electrons. The van der Waals surface area contributed by atoms with Crippen molar-refractivity contribution in [1.82, 2.24) is 4.90 Å². The normalized spacial score (nSPS) is 33.7. The van der Waals surface area contributed by atoms with Crippen molar-refractivity contribution in [2.45, 2.75) is 19.4 Å². The van der Waals surface area contributed by atoms with Crippen molar-refractivity contribution in [3.05, 3.63) is 72.3 Å². The maximum atomic E-state index is 13.3. The lowest BCUT2D eigenvalue weighted by Crippen LogP contribution is -2.40. The van der Waals surface area contributed by atoms with E-state index in [1.807, 2.05) is 30.3 Å². The molecule has 4 aliphatic carbocycles. The number of carbonyl (C=O) groups excluding carboxylic acids is 4. The van der Waals surface area contributed by atoms with Crippen molar-refractivity contribution in [3.63, 3.8) is 0 Å². The number of esters is 1. The van der Waals surface area contributed by atoms with E-state index in [1.54, 1.807) is 29.2 Å². The summed E-state index contributed by atoms with van der Waals surface area (Å²) in [6.07, 6.45) is 5.58. The summed E-state index contributed by atoms with van der Waals surface area (Å²) >= 11 is 0. The van der Waals surface area contributed by atoms with E-state index >= 15 is 0 Å². The van der Waals surface area contributed by atoms with Crippen molar-refractivity contribution < 1.29 is 23.9 Å². The maximum Gasteiger partial charge on any atom is 0.316 e. The molecule has 2 heterocycles. The Morgan fingerprint density at radius 2 is 1.50 bits per heavy atom. The summed E-state index contributed by atoms with van der Waals surface area (Å²) in [7, 11) is 0. The van der Waals surface area contributed by atoms with Gasteiger partial charge in [0.25, 0.3) is 0 Å². The van der Waals surface area contributed by atoms with Crippen LogP contribution >= 0.6 is 0 Å². The first-order chi connectivity index (χ1) is 17.5. The molecule has 36 heavy (non-hydrogen) atoms. The third kappa shape index (κ3) is 3.25. The summed E-state index contributed by atoms with van der Waals surface area (Å²) in [5, 5.41) is 0. The Labute approximate surface area is 208 Å². The van der Waals surface area contributed by atoms with E-state index in [4.69, 9.17) is 4.74 Å². The van der Waals surface area contributed by atoms with Crippen LogP contribution in [0.15, 0.2) is 66.7 Å². The standard InChI is InChI=1S/C29H26N2O5/c32-24-12-17(15-30(24)14-16-4-2-1-3-5-16)29(35)36-19-8-6-18(7-9-19)31-27(33)25-20-10-11-21(23-13-22(20)23)26(25)28(31)34/h1-11,17,20-23,25-26H,12-15H2/t17-,20+,21+,22-,23+,25-,26+/m1/s1. The Balaban J connectivity index is 1.01. The predicted octanol–water partition coefficient (Wildman–Crippen LogP) is 3.20. The first-order valence-corrected chi connectivity index (χ1v) is 12.7. The zero-order valence-corrected chi connectivity index (χ0v) is 19.7. The SMILES string of the molecule is O=C(Oc1ccc(N2C(=O)[C@@H]3[C@H]4C=C[C@@H]([C@@H]5C[C@H]45)[C@@H]3C2=O)cc1)[C@@H]1CC(=O)N(Cc2ccccc2)C1. The van der Waals surface area contributed by atoms with Gasteiger partial charge in [-0.15, -0.1) is 0 Å². The van der Waals surface area contributed by atoms with E-state index in [1.165, 1.54) is 4.90 Å². The van der Waals surface area contributed by atoms with E-state index in [9.17, 15) is 19.2 Å². The zero-order chi connectivity index (χ0) is 24.6. The highest BCUT2D eigenvalue weighted by molar-refractivity contribution is 6.22. The minimum absolute atomic E-state index is 0.0650. The molecule has 2 aromatic rings. The first-order valence-electron chi connectivity index (χ1n) is 12.7. The van der Waals surface area contributed by atoms with Gasteiger partial charge >= 0.3 is 5.97 Å². The molecule has 0 unspecified atom stereocenters. The van der Waals surface area contributed by atoms with Gasteiger partial charge in [-0.2, -0.15) is 0 Å². The highest BCUT2D eigenvalue weighted by Gasteiger charge is 2.67. The van der Waals surface area contributed by atoms with Crippen LogP contribution in [0.4, 0.5) is 5.69 Å². The lowest BCUT2D eigenvalue weighted by atomic mass is 9.63. The van der Waals surface area contributed by atoms with Crippen molar-refractivity contribution in [2.24, 2.45) is 41.4 Å². The smallest absolute Gasteiger partial charge is 0.316 e. The summed E-state index contributed by atoms with van der Waals surface area (Å²) in [4.78, 5) is 54.8. The molecule has 0 N–H and O–H groups in total. The summed E-state index contributed by atoms with van der Waals surface area (Å²) in [6, 6.07) is 16.2. The molecule has 2 aliphatic heterocycles. The van der Waals surface area contributed by atoms with Gasteiger partial charge in [0, 0.05) is 19.5 Å². The van der Waals surface area contributed by atoms with Gasteiger partial charge in [-0.1, -0.05) is 42.5 Å². The number of amides is 3. The first kappa shape index (κ1) is 21.5. The molecule has 0 spiro atoms. The van der Waals surface area contributed by atoms with Crippen LogP contribution in [0.5, 0.6) is 5.75 Å². The lowest BCUT2D eigenvalue weighted by Gasteiger charge is -2.37. The van der Waals surface area contributed by atoms with E-state index in [2.05, 4.69) is 12.2 Å². The molecule has 4 fully saturated rings. The number of ether oxygens (including phenoxy) is 1. The Morgan fingerprint density at radius 1 is 0.861 bits per heavy atom. The second-order valence-electron chi connectivity index (χ2n) is 10.7. The van der Waals surface area contributed by atoms with E-state index in [0.29, 0.717) is 36.4 Å². The predicted molar refractivity (Wildman–Crippen MR) is 129 cm³/mol. The van der Waals surface area contributed by atoms with E-state index < -0.39 is 11.9 Å². The van der Waals surface area contributed by atoms with Crippen LogP contribution in [0, 0.1) is 41.4 Å². The van der Waals surface area contributed by atoms with Gasteiger partial charge < -0.3 is 9.64 Å². The fraction of sp³-hybridized carbons (Fsp3) is 0.379. The lowest BCUT2D eigenvalue weighted by molar-refractivity contribution is -0.139. The topological polar surface area (TPSA) is 84.0 Å². The third-order valence-electron chi connectivity index (χ3n) is 8.74. The van der Waals surface area contributed by atoms with Crippen LogP contribution in [-0.4, -0.2) is 35.1 Å². The molecule has 0 radical (unpaired) electrons. The van der Waals surface area contributed by atoms with Gasteiger partial charge in [0.15, 0.2) is 0 Å². The second kappa shape index (κ2) is 7.88. The molecular weight excluding hydrogens is 456 g/mol. The Kier molecular flexibility index (Phi) is 4.72. The average Bonchev–Trinajstić information content (AvgIpc) is 3.58. The van der Waals surface area contributed by atoms with Gasteiger partial charge in [0.2, 0.25) is 17.7 Å². The number of hydrogen-bond donors (Lipinski definition) is 0. The number of benzene rings is 2. The molecule has 6 aliphatic rings. The fourth-order valence-corrected chi connectivity index (χ4v) is 6.96. The van der Waals surface area contributed by atoms with Gasteiger partial charge in [0.05, 0.1) is 23.4 Å². The molecule has 2 saturated heterocycles. The molecule has 3 amide bonds. The van der Waals surface area contributed by atoms with Crippen molar-refractivity contribution in [2.75, 3.05) is 11.4 Å². The van der Waals surface area contributed by atoms with Gasteiger partial charge in [-0.3, -0.25) is 24.1 Å². The number of rotatable bonds is 5. The Morgan fingerprint density at radius 3 is 2.14 bits per heavy atom. The summed E-state index contributed by atoms with van der Waals surface area (Å²) < 4.78 is 5.56. The van der Waals surface area contributed by atoms with Crippen molar-refractivity contribution in [1.29, 1.82) is 0 Å². The number of carbonyl (C=O) groups is 4. The Hall–Kier alpha value is -3.74. The highest BCUT2D eigenvalue weighted by atomic mass is 16.5. The highest BCUT2D eigenvalue weighted by Crippen LogP contribution is 2.65. The summed E-state index contributed by atoms with van der Waals surface area (Å²) in [5.41, 5.74) is 1.53. The third-order valence-corrected chi connectivity index (χ3v) is 8.74. The van der Waals surface area contributed by atoms with E-state index in [-0.39, 0.29) is 47.8 Å². The van der Waals surface area contributed by atoms with Crippen LogP contribution in [0.2, 0.25) is 0 Å². The number of likely N-dealkylation sites (tertiary alicyclic amines) is 1. The minimum Gasteiger partial charge on any atom is -0.426 e. The molecule has 0 aromatic heterocycles. The maximum absolute atomic E-state index is 13.3. The monoisotopic (exact) mass is 482 g/mol. The summed E-state index contributed by atoms with van der Waals surface area (Å²) in [6.45, 7) is 0.791. The average molecular weight is 483 g/mol. The molecule has 7 heteroatoms. The van der Waals surface area contributed by atoms with Crippen LogP contribution in [-0.2, 0) is 25.7 Å². The number of allylic oxidation sites excluding steroid dienone is 2. The molecular formula is C29H26N2O5. The van der Waals surface area contributed by atoms with Gasteiger partial charge in [-0.05, 0) is 59.9 Å². The molecule has 7 nitrogen and oxygen atoms in total. The molecule has 7 atom stereocenters. The number of hydrogen-bond acceptors (Lipinski definition) is 5. The quantitative estimate of drug-likeness (QED) is 0.283. The van der Waals surface area contributed by atoms with Gasteiger partial charge in [0.1, 0.15) is 5.75 Å². The second-order valence-corrected chi connectivity index (χ2v) is 10.7. The summed E-state index contributed by atoms with van der Waals surface area (Å²) in [5.74, 6) is 0.0704. The van der Waals surface area contributed by atoms with Crippen LogP contribution < -0.4 is 9.64 Å². The van der Waals surface area contributed by atoms with E-state index in [0.717, 1.165) is 12.0 Å². The number of nitrogens with zero attached hydrogens (tertiary/aromatic N) is 2. The van der Waals surface area contributed by atoms with Crippen LogP contribution in [0.3, 0.4) is 0 Å². The molecule has 2 saturated carbocycles. The van der Waals surface area contributed by atoms with Crippen molar-refractivity contribution in [3.8, 4) is 5.75 Å². The number of anilines is 1. The Bertz CT molecular complexity index is 1270. The van der Waals surface area contributed by atoms with Crippen LogP contribution in [0.25, 0.3) is 0 Å². The van der Waals surface area contributed by atoms with Crippen LogP contribution in [0.1, 0.15) is 18.4 Å². The largest absolute Gasteiger partial charge is 0.426 e. The molecule has 2 bridgehead atoms. The molecule has 8 rings (SSSR count). The minimum atomic E-state index is -0.528. The zero-order valence-electron chi connectivity index (χ0n) is 19.7. The van der Waals surface area contributed by atoms with Crippen molar-refractivity contribution >= 4 is 29.4 Å².